The lowest BCUT2D eigenvalue weighted by atomic mass is 10.2. The van der Waals surface area contributed by atoms with Crippen molar-refractivity contribution in [3.8, 4) is 5.82 Å². The van der Waals surface area contributed by atoms with Gasteiger partial charge in [0.25, 0.3) is 0 Å². The molecule has 0 radical (unpaired) electrons. The first-order valence-electron chi connectivity index (χ1n) is 5.30. The molecule has 0 atom stereocenters. The molecule has 0 bridgehead atoms. The van der Waals surface area contributed by atoms with E-state index >= 15 is 0 Å². The Hall–Kier alpha value is -2.35. The zero-order chi connectivity index (χ0) is 14.0. The highest BCUT2D eigenvalue weighted by atomic mass is 32.1. The molecule has 0 saturated carbocycles. The maximum absolute atomic E-state index is 11.4. The van der Waals surface area contributed by atoms with Crippen molar-refractivity contribution in [2.45, 2.75) is 6.92 Å². The second-order valence-electron chi connectivity index (χ2n) is 3.67. The second-order valence-corrected chi connectivity index (χ2v) is 4.11. The number of hydrogen-bond donors (Lipinski definition) is 1. The summed E-state index contributed by atoms with van der Waals surface area (Å²) in [5.74, 6) is 0.352. The molecular weight excluding hydrogens is 266 g/mol. The summed E-state index contributed by atoms with van der Waals surface area (Å²) in [5.41, 5.74) is 6.37. The standard InChI is InChI=1S/C11H11N5O2S/c1-6-7(11(17)18-2)3-4-8(14-6)16-5-13-10(15-16)9(12)19/h3-5H,1-2H3,(H2,12,19). The van der Waals surface area contributed by atoms with Crippen LogP contribution in [0, 0.1) is 6.92 Å². The third kappa shape index (κ3) is 2.58. The third-order valence-corrected chi connectivity index (χ3v) is 2.61. The topological polar surface area (TPSA) is 95.9 Å². The van der Waals surface area contributed by atoms with Crippen molar-refractivity contribution < 1.29 is 9.53 Å². The average Bonchev–Trinajstić information content (AvgIpc) is 2.87. The number of nitrogens with zero attached hydrogens (tertiary/aromatic N) is 4. The van der Waals surface area contributed by atoms with Gasteiger partial charge < -0.3 is 10.5 Å². The molecular formula is C11H11N5O2S. The molecule has 2 heterocycles. The Morgan fingerprint density at radius 2 is 2.21 bits per heavy atom. The van der Waals surface area contributed by atoms with E-state index in [0.29, 0.717) is 17.1 Å². The number of carbonyl (C=O) groups excluding carboxylic acids is 1. The molecule has 19 heavy (non-hydrogen) atoms. The fraction of sp³-hybridized carbons (Fsp3) is 0.182. The summed E-state index contributed by atoms with van der Waals surface area (Å²) in [4.78, 5) is 19.8. The number of nitrogens with two attached hydrogens (primary N) is 1. The highest BCUT2D eigenvalue weighted by Gasteiger charge is 2.12. The van der Waals surface area contributed by atoms with Crippen molar-refractivity contribution in [2.24, 2.45) is 5.73 Å². The molecule has 2 N–H and O–H groups in total. The Balaban J connectivity index is 2.38. The first-order chi connectivity index (χ1) is 9.02. The largest absolute Gasteiger partial charge is 0.465 e. The number of hydrogen-bond acceptors (Lipinski definition) is 6. The van der Waals surface area contributed by atoms with Crippen LogP contribution in [0.5, 0.6) is 0 Å². The summed E-state index contributed by atoms with van der Waals surface area (Å²) < 4.78 is 6.08. The number of carbonyl (C=O) groups is 1. The number of ether oxygens (including phenoxy) is 1. The summed E-state index contributed by atoms with van der Waals surface area (Å²) in [5, 5.41) is 4.08. The van der Waals surface area contributed by atoms with Crippen LogP contribution in [0.1, 0.15) is 21.9 Å². The van der Waals surface area contributed by atoms with E-state index < -0.39 is 5.97 Å². The maximum atomic E-state index is 11.4. The van der Waals surface area contributed by atoms with Crippen molar-refractivity contribution in [3.63, 3.8) is 0 Å². The molecule has 0 aliphatic heterocycles. The molecule has 0 saturated heterocycles. The molecule has 8 heteroatoms. The summed E-state index contributed by atoms with van der Waals surface area (Å²) >= 11 is 4.78. The van der Waals surface area contributed by atoms with Crippen molar-refractivity contribution in [3.05, 3.63) is 35.5 Å². The van der Waals surface area contributed by atoms with Crippen LogP contribution in [0.25, 0.3) is 5.82 Å². The van der Waals surface area contributed by atoms with E-state index in [0.717, 1.165) is 0 Å². The van der Waals surface area contributed by atoms with Gasteiger partial charge in [0.1, 0.15) is 11.3 Å². The Bertz CT molecular complexity index is 652. The van der Waals surface area contributed by atoms with Gasteiger partial charge in [-0.1, -0.05) is 12.2 Å². The first-order valence-corrected chi connectivity index (χ1v) is 5.71. The van der Waals surface area contributed by atoms with Crippen LogP contribution in [0.15, 0.2) is 18.5 Å². The second kappa shape index (κ2) is 5.11. The van der Waals surface area contributed by atoms with Gasteiger partial charge in [-0.2, -0.15) is 0 Å². The van der Waals surface area contributed by atoms with Crippen molar-refractivity contribution in [1.29, 1.82) is 0 Å². The minimum Gasteiger partial charge on any atom is -0.465 e. The van der Waals surface area contributed by atoms with Crippen LogP contribution >= 0.6 is 12.2 Å². The molecule has 0 amide bonds. The van der Waals surface area contributed by atoms with Gasteiger partial charge in [-0.15, -0.1) is 5.10 Å². The molecule has 0 aromatic carbocycles. The summed E-state index contributed by atoms with van der Waals surface area (Å²) in [6.07, 6.45) is 1.45. The van der Waals surface area contributed by atoms with E-state index in [9.17, 15) is 4.79 Å². The van der Waals surface area contributed by atoms with E-state index in [1.807, 2.05) is 0 Å². The monoisotopic (exact) mass is 277 g/mol. The van der Waals surface area contributed by atoms with Crippen molar-refractivity contribution in [1.82, 2.24) is 19.7 Å². The average molecular weight is 277 g/mol. The van der Waals surface area contributed by atoms with Crippen LogP contribution in [-0.2, 0) is 4.74 Å². The van der Waals surface area contributed by atoms with Crippen LogP contribution in [0.4, 0.5) is 0 Å². The van der Waals surface area contributed by atoms with Crippen LogP contribution in [-0.4, -0.2) is 37.8 Å². The molecule has 98 valence electrons. The van der Waals surface area contributed by atoms with E-state index in [1.165, 1.54) is 18.1 Å². The molecule has 0 fully saturated rings. The Labute approximate surface area is 114 Å². The van der Waals surface area contributed by atoms with Crippen LogP contribution in [0.2, 0.25) is 0 Å². The minimum atomic E-state index is -0.432. The molecule has 0 spiro atoms. The number of esters is 1. The van der Waals surface area contributed by atoms with Crippen LogP contribution in [0.3, 0.4) is 0 Å². The zero-order valence-corrected chi connectivity index (χ0v) is 11.1. The first kappa shape index (κ1) is 13.1. The number of rotatable bonds is 3. The molecule has 2 aromatic heterocycles. The fourth-order valence-corrected chi connectivity index (χ4v) is 1.58. The number of pyridine rings is 1. The Kier molecular flexibility index (Phi) is 3.52. The van der Waals surface area contributed by atoms with E-state index in [-0.39, 0.29) is 10.8 Å². The SMILES string of the molecule is COC(=O)c1ccc(-n2cnc(C(N)=S)n2)nc1C. The van der Waals surface area contributed by atoms with E-state index in [2.05, 4.69) is 19.8 Å². The maximum Gasteiger partial charge on any atom is 0.339 e. The molecule has 0 aliphatic carbocycles. The smallest absolute Gasteiger partial charge is 0.339 e. The Morgan fingerprint density at radius 1 is 1.47 bits per heavy atom. The summed E-state index contributed by atoms with van der Waals surface area (Å²) in [7, 11) is 1.32. The zero-order valence-electron chi connectivity index (χ0n) is 10.3. The number of aromatic nitrogens is 4. The van der Waals surface area contributed by atoms with E-state index in [1.54, 1.807) is 19.1 Å². The molecule has 0 unspecified atom stereocenters. The number of thiocarbonyl (C=S) groups is 1. The molecule has 2 rings (SSSR count). The highest BCUT2D eigenvalue weighted by molar-refractivity contribution is 7.80. The Morgan fingerprint density at radius 3 is 2.74 bits per heavy atom. The molecule has 7 nitrogen and oxygen atoms in total. The van der Waals surface area contributed by atoms with Gasteiger partial charge in [0.15, 0.2) is 5.82 Å². The lowest BCUT2D eigenvalue weighted by molar-refractivity contribution is 0.0599. The minimum absolute atomic E-state index is 0.113. The lowest BCUT2D eigenvalue weighted by Crippen LogP contribution is -2.12. The lowest BCUT2D eigenvalue weighted by Gasteiger charge is -2.05. The van der Waals surface area contributed by atoms with Gasteiger partial charge >= 0.3 is 5.97 Å². The fourth-order valence-electron chi connectivity index (χ4n) is 1.49. The molecule has 0 aliphatic rings. The number of aryl methyl sites for hydroxylation is 1. The van der Waals surface area contributed by atoms with Crippen molar-refractivity contribution >= 4 is 23.2 Å². The highest BCUT2D eigenvalue weighted by Crippen LogP contribution is 2.11. The van der Waals surface area contributed by atoms with Gasteiger partial charge in [0, 0.05) is 0 Å². The quantitative estimate of drug-likeness (QED) is 0.640. The van der Waals surface area contributed by atoms with Gasteiger partial charge in [0.05, 0.1) is 18.4 Å². The van der Waals surface area contributed by atoms with Gasteiger partial charge in [0.2, 0.25) is 5.82 Å². The summed E-state index contributed by atoms with van der Waals surface area (Å²) in [6, 6.07) is 3.25. The van der Waals surface area contributed by atoms with Gasteiger partial charge in [-0.25, -0.2) is 19.4 Å². The van der Waals surface area contributed by atoms with Crippen LogP contribution < -0.4 is 5.73 Å². The third-order valence-electron chi connectivity index (χ3n) is 2.42. The predicted molar refractivity (Wildman–Crippen MR) is 71.1 cm³/mol. The van der Waals surface area contributed by atoms with E-state index in [4.69, 9.17) is 18.0 Å². The number of methoxy groups -OCH3 is 1. The van der Waals surface area contributed by atoms with Gasteiger partial charge in [-0.05, 0) is 19.1 Å². The normalized spacial score (nSPS) is 10.2. The molecule has 2 aromatic rings. The predicted octanol–water partition coefficient (Wildman–Crippen LogP) is 0.392. The van der Waals surface area contributed by atoms with Crippen molar-refractivity contribution in [2.75, 3.05) is 7.11 Å². The van der Waals surface area contributed by atoms with Gasteiger partial charge in [-0.3, -0.25) is 0 Å². The summed E-state index contributed by atoms with van der Waals surface area (Å²) in [6.45, 7) is 1.71.